The number of hydrogen-bond acceptors (Lipinski definition) is 5. The van der Waals surface area contributed by atoms with Crippen molar-refractivity contribution in [2.24, 2.45) is 11.8 Å². The van der Waals surface area contributed by atoms with Gasteiger partial charge in [-0.05, 0) is 48.4 Å². The zero-order valence-electron chi connectivity index (χ0n) is 19.1. The number of benzene rings is 2. The number of nitrogens with zero attached hydrogens (tertiary/aromatic N) is 1. The third-order valence-electron chi connectivity index (χ3n) is 6.77. The van der Waals surface area contributed by atoms with Crippen LogP contribution in [-0.2, 0) is 25.5 Å². The number of amides is 3. The van der Waals surface area contributed by atoms with Gasteiger partial charge < -0.3 is 25.0 Å². The Bertz CT molecular complexity index is 1140. The van der Waals surface area contributed by atoms with Gasteiger partial charge in [-0.15, -0.1) is 0 Å². The van der Waals surface area contributed by atoms with Gasteiger partial charge in [0.25, 0.3) is 0 Å². The normalized spacial score (nSPS) is 26.5. The lowest BCUT2D eigenvalue weighted by Crippen LogP contribution is -2.44. The summed E-state index contributed by atoms with van der Waals surface area (Å²) in [4.78, 5) is 39.5. The van der Waals surface area contributed by atoms with Crippen LogP contribution in [0, 0.1) is 11.8 Å². The SMILES string of the molecule is COc1ccc(CCNC(=O)[C@H]2[C@H]3C=C[C@@]4(CN(c5ccc(NC(C)=O)cc5)C(=O)[C@@H]24)O3)cc1. The molecule has 2 fully saturated rings. The van der Waals surface area contributed by atoms with E-state index in [0.29, 0.717) is 30.9 Å². The second-order valence-electron chi connectivity index (χ2n) is 8.94. The minimum Gasteiger partial charge on any atom is -0.497 e. The molecule has 2 saturated heterocycles. The highest BCUT2D eigenvalue weighted by atomic mass is 16.5. The Kier molecular flexibility index (Phi) is 5.61. The number of rotatable bonds is 7. The summed E-state index contributed by atoms with van der Waals surface area (Å²) in [6, 6.07) is 14.8. The summed E-state index contributed by atoms with van der Waals surface area (Å²) in [6.07, 6.45) is 4.13. The summed E-state index contributed by atoms with van der Waals surface area (Å²) in [5, 5.41) is 5.72. The topological polar surface area (TPSA) is 97.0 Å². The summed E-state index contributed by atoms with van der Waals surface area (Å²) in [5.74, 6) is -0.760. The largest absolute Gasteiger partial charge is 0.497 e. The molecule has 2 bridgehead atoms. The van der Waals surface area contributed by atoms with Gasteiger partial charge >= 0.3 is 0 Å². The van der Waals surface area contributed by atoms with Crippen LogP contribution in [0.2, 0.25) is 0 Å². The van der Waals surface area contributed by atoms with Crippen molar-refractivity contribution < 1.29 is 23.9 Å². The lowest BCUT2D eigenvalue weighted by Gasteiger charge is -2.23. The van der Waals surface area contributed by atoms with Gasteiger partial charge in [0.05, 0.1) is 31.6 Å². The first-order valence-electron chi connectivity index (χ1n) is 11.4. The molecule has 0 aromatic heterocycles. The lowest BCUT2D eigenvalue weighted by atomic mass is 9.77. The van der Waals surface area contributed by atoms with Crippen LogP contribution in [0.5, 0.6) is 5.75 Å². The van der Waals surface area contributed by atoms with Crippen LogP contribution in [0.4, 0.5) is 11.4 Å². The molecular weight excluding hydrogens is 434 g/mol. The van der Waals surface area contributed by atoms with Gasteiger partial charge in [-0.1, -0.05) is 24.3 Å². The highest BCUT2D eigenvalue weighted by Gasteiger charge is 2.67. The van der Waals surface area contributed by atoms with Crippen LogP contribution in [0.3, 0.4) is 0 Å². The highest BCUT2D eigenvalue weighted by Crippen LogP contribution is 2.52. The Morgan fingerprint density at radius 1 is 1.15 bits per heavy atom. The maximum absolute atomic E-state index is 13.5. The fraction of sp³-hybridized carbons (Fsp3) is 0.346. The van der Waals surface area contributed by atoms with Crippen LogP contribution in [0.25, 0.3) is 0 Å². The standard InChI is InChI=1S/C26H27N3O5/c1-16(30)28-18-5-7-19(8-6-18)29-15-26-13-11-21(34-26)22(23(26)25(29)32)24(31)27-14-12-17-3-9-20(33-2)10-4-17/h3-11,13,21-23H,12,14-15H2,1-2H3,(H,27,31)(H,28,30)/t21-,22+,23-,26+/m1/s1. The molecule has 34 heavy (non-hydrogen) atoms. The molecule has 176 valence electrons. The van der Waals surface area contributed by atoms with E-state index in [0.717, 1.165) is 11.3 Å². The third-order valence-corrected chi connectivity index (χ3v) is 6.77. The molecule has 3 heterocycles. The molecule has 3 aliphatic rings. The smallest absolute Gasteiger partial charge is 0.234 e. The Morgan fingerprint density at radius 2 is 1.88 bits per heavy atom. The first-order valence-corrected chi connectivity index (χ1v) is 11.4. The maximum Gasteiger partial charge on any atom is 0.234 e. The minimum atomic E-state index is -0.782. The second-order valence-corrected chi connectivity index (χ2v) is 8.94. The van der Waals surface area contributed by atoms with E-state index in [1.165, 1.54) is 6.92 Å². The van der Waals surface area contributed by atoms with Gasteiger partial charge in [0, 0.05) is 24.8 Å². The van der Waals surface area contributed by atoms with Crippen molar-refractivity contribution in [3.8, 4) is 5.75 Å². The van der Waals surface area contributed by atoms with Crippen LogP contribution in [-0.4, -0.2) is 49.6 Å². The van der Waals surface area contributed by atoms with Gasteiger partial charge in [-0.2, -0.15) is 0 Å². The Balaban J connectivity index is 1.26. The van der Waals surface area contributed by atoms with Gasteiger partial charge in [-0.25, -0.2) is 0 Å². The second kappa shape index (κ2) is 8.61. The summed E-state index contributed by atoms with van der Waals surface area (Å²) < 4.78 is 11.4. The van der Waals surface area contributed by atoms with Crippen molar-refractivity contribution in [1.29, 1.82) is 0 Å². The predicted molar refractivity (Wildman–Crippen MR) is 127 cm³/mol. The van der Waals surface area contributed by atoms with Gasteiger partial charge in [-0.3, -0.25) is 14.4 Å². The third kappa shape index (κ3) is 3.84. The number of nitrogens with one attached hydrogen (secondary N) is 2. The summed E-state index contributed by atoms with van der Waals surface area (Å²) in [6.45, 7) is 2.28. The van der Waals surface area contributed by atoms with Crippen LogP contribution in [0.15, 0.2) is 60.7 Å². The number of fused-ring (bicyclic) bond motifs is 1. The van der Waals surface area contributed by atoms with Crippen molar-refractivity contribution >= 4 is 29.1 Å². The number of hydrogen-bond donors (Lipinski definition) is 2. The Hall–Kier alpha value is -3.65. The van der Waals surface area contributed by atoms with Crippen molar-refractivity contribution in [2.45, 2.75) is 25.0 Å². The van der Waals surface area contributed by atoms with E-state index in [2.05, 4.69) is 10.6 Å². The molecule has 8 heteroatoms. The molecule has 0 unspecified atom stereocenters. The van der Waals surface area contributed by atoms with Gasteiger partial charge in [0.2, 0.25) is 17.7 Å². The average molecular weight is 462 g/mol. The lowest BCUT2D eigenvalue weighted by molar-refractivity contribution is -0.131. The highest BCUT2D eigenvalue weighted by molar-refractivity contribution is 6.03. The zero-order valence-corrected chi connectivity index (χ0v) is 19.1. The number of anilines is 2. The molecule has 1 spiro atoms. The summed E-state index contributed by atoms with van der Waals surface area (Å²) in [5.41, 5.74) is 1.68. The van der Waals surface area contributed by atoms with Gasteiger partial charge in [0.1, 0.15) is 11.4 Å². The number of carbonyl (C=O) groups excluding carboxylic acids is 3. The van der Waals surface area contributed by atoms with E-state index in [1.54, 1.807) is 36.3 Å². The van der Waals surface area contributed by atoms with Crippen LogP contribution < -0.4 is 20.3 Å². The molecule has 4 atom stereocenters. The maximum atomic E-state index is 13.5. The number of methoxy groups -OCH3 is 1. The fourth-order valence-electron chi connectivity index (χ4n) is 5.18. The first-order chi connectivity index (χ1) is 16.4. The van der Waals surface area contributed by atoms with Crippen molar-refractivity contribution in [3.63, 3.8) is 0 Å². The Labute approximate surface area is 197 Å². The van der Waals surface area contributed by atoms with E-state index in [1.807, 2.05) is 36.4 Å². The van der Waals surface area contributed by atoms with Gasteiger partial charge in [0.15, 0.2) is 0 Å². The molecule has 5 rings (SSSR count). The van der Waals surface area contributed by atoms with E-state index < -0.39 is 17.4 Å². The van der Waals surface area contributed by atoms with Crippen molar-refractivity contribution in [1.82, 2.24) is 5.32 Å². The van der Waals surface area contributed by atoms with Crippen molar-refractivity contribution in [2.75, 3.05) is 30.4 Å². The number of carbonyl (C=O) groups is 3. The number of ether oxygens (including phenoxy) is 2. The molecule has 2 N–H and O–H groups in total. The molecule has 2 aromatic carbocycles. The molecule has 0 aliphatic carbocycles. The molecule has 2 aromatic rings. The van der Waals surface area contributed by atoms with Crippen LogP contribution in [0.1, 0.15) is 12.5 Å². The van der Waals surface area contributed by atoms with E-state index >= 15 is 0 Å². The van der Waals surface area contributed by atoms with E-state index in [4.69, 9.17) is 9.47 Å². The molecule has 3 amide bonds. The molecule has 0 radical (unpaired) electrons. The summed E-state index contributed by atoms with van der Waals surface area (Å²) in [7, 11) is 1.63. The predicted octanol–water partition coefficient (Wildman–Crippen LogP) is 2.30. The first kappa shape index (κ1) is 22.2. The quantitative estimate of drug-likeness (QED) is 0.617. The molecule has 8 nitrogen and oxygen atoms in total. The Morgan fingerprint density at radius 3 is 2.56 bits per heavy atom. The van der Waals surface area contributed by atoms with Crippen LogP contribution >= 0.6 is 0 Å². The van der Waals surface area contributed by atoms with E-state index in [9.17, 15) is 14.4 Å². The van der Waals surface area contributed by atoms with E-state index in [-0.39, 0.29) is 23.8 Å². The molecule has 0 saturated carbocycles. The summed E-state index contributed by atoms with van der Waals surface area (Å²) >= 11 is 0. The zero-order chi connectivity index (χ0) is 23.9. The fourth-order valence-corrected chi connectivity index (χ4v) is 5.18. The molecular formula is C26H27N3O5. The average Bonchev–Trinajstić information content (AvgIpc) is 3.48. The monoisotopic (exact) mass is 461 g/mol. The van der Waals surface area contributed by atoms with Crippen molar-refractivity contribution in [3.05, 3.63) is 66.2 Å². The minimum absolute atomic E-state index is 0.116. The molecule has 3 aliphatic heterocycles.